The summed E-state index contributed by atoms with van der Waals surface area (Å²) in [5.74, 6) is -2.89. The quantitative estimate of drug-likeness (QED) is 0.250. The van der Waals surface area contributed by atoms with Gasteiger partial charge in [0.05, 0.1) is 28.5 Å². The lowest BCUT2D eigenvalue weighted by molar-refractivity contribution is -0.384. The maximum atomic E-state index is 13.8. The average Bonchev–Trinajstić information content (AvgIpc) is 3.36. The van der Waals surface area contributed by atoms with E-state index < -0.39 is 40.5 Å². The number of nitro benzene ring substituents is 1. The zero-order valence-corrected chi connectivity index (χ0v) is 18.4. The molecule has 172 valence electrons. The molecule has 8 nitrogen and oxygen atoms in total. The first-order valence-electron chi connectivity index (χ1n) is 11.2. The van der Waals surface area contributed by atoms with Crippen LogP contribution in [0.25, 0.3) is 6.08 Å². The summed E-state index contributed by atoms with van der Waals surface area (Å²) < 4.78 is 0. The smallest absolute Gasteiger partial charge is 0.270 e. The number of fused-ring (bicyclic) bond motifs is 5. The first-order chi connectivity index (χ1) is 17.0. The van der Waals surface area contributed by atoms with E-state index in [2.05, 4.69) is 0 Å². The molecule has 0 aromatic heterocycles. The second-order valence-electron chi connectivity index (χ2n) is 8.85. The number of imide groups is 1. The molecule has 3 aromatic rings. The van der Waals surface area contributed by atoms with Crippen LogP contribution in [-0.2, 0) is 9.59 Å². The van der Waals surface area contributed by atoms with Crippen LogP contribution in [0.1, 0.15) is 27.5 Å². The highest BCUT2D eigenvalue weighted by atomic mass is 16.6. The van der Waals surface area contributed by atoms with Crippen molar-refractivity contribution in [2.75, 3.05) is 4.90 Å². The topological polar surface area (TPSA) is 101 Å². The summed E-state index contributed by atoms with van der Waals surface area (Å²) in [7, 11) is 0. The maximum Gasteiger partial charge on any atom is 0.270 e. The molecule has 0 radical (unpaired) electrons. The highest BCUT2D eigenvalue weighted by Crippen LogP contribution is 2.53. The van der Waals surface area contributed by atoms with Gasteiger partial charge in [-0.2, -0.15) is 0 Å². The van der Waals surface area contributed by atoms with Crippen molar-refractivity contribution in [2.45, 2.75) is 12.1 Å². The van der Waals surface area contributed by atoms with Crippen LogP contribution in [0.5, 0.6) is 0 Å². The van der Waals surface area contributed by atoms with E-state index in [-0.39, 0.29) is 17.2 Å². The Hall–Kier alpha value is -4.59. The van der Waals surface area contributed by atoms with Crippen LogP contribution in [0.3, 0.4) is 0 Å². The lowest BCUT2D eigenvalue weighted by atomic mass is 9.83. The first-order valence-corrected chi connectivity index (χ1v) is 11.2. The summed E-state index contributed by atoms with van der Waals surface area (Å²) in [5.41, 5.74) is 2.19. The highest BCUT2D eigenvalue weighted by Gasteiger charge is 2.64. The molecule has 3 aliphatic heterocycles. The molecule has 3 aromatic carbocycles. The van der Waals surface area contributed by atoms with Crippen molar-refractivity contribution in [2.24, 2.45) is 11.8 Å². The van der Waals surface area contributed by atoms with Gasteiger partial charge in [-0.05, 0) is 29.3 Å². The number of rotatable bonds is 4. The number of nitro groups is 1. The molecule has 3 heterocycles. The number of amides is 2. The molecular weight excluding hydrogens is 446 g/mol. The molecule has 2 saturated heterocycles. The van der Waals surface area contributed by atoms with E-state index in [0.29, 0.717) is 5.69 Å². The molecule has 0 aliphatic carbocycles. The van der Waals surface area contributed by atoms with Gasteiger partial charge in [-0.1, -0.05) is 54.6 Å². The van der Waals surface area contributed by atoms with Crippen LogP contribution < -0.4 is 4.90 Å². The number of benzene rings is 3. The van der Waals surface area contributed by atoms with Crippen molar-refractivity contribution < 1.29 is 19.3 Å². The van der Waals surface area contributed by atoms with Crippen LogP contribution in [0, 0.1) is 22.0 Å². The summed E-state index contributed by atoms with van der Waals surface area (Å²) in [4.78, 5) is 55.1. The molecule has 0 saturated carbocycles. The van der Waals surface area contributed by atoms with Gasteiger partial charge in [-0.25, -0.2) is 4.90 Å². The first kappa shape index (κ1) is 21.0. The van der Waals surface area contributed by atoms with Crippen LogP contribution in [-0.4, -0.2) is 33.5 Å². The van der Waals surface area contributed by atoms with Gasteiger partial charge in [-0.15, -0.1) is 0 Å². The Morgan fingerprint density at radius 1 is 0.857 bits per heavy atom. The zero-order chi connectivity index (χ0) is 24.3. The Morgan fingerprint density at radius 2 is 1.57 bits per heavy atom. The van der Waals surface area contributed by atoms with E-state index in [1.54, 1.807) is 41.4 Å². The largest absolute Gasteiger partial charge is 0.358 e. The fraction of sp³-hybridized carbons (Fsp3) is 0.148. The average molecular weight is 465 g/mol. The Bertz CT molecular complexity index is 1430. The molecule has 35 heavy (non-hydrogen) atoms. The fourth-order valence-electron chi connectivity index (χ4n) is 5.63. The molecule has 2 amide bonds. The molecule has 0 unspecified atom stereocenters. The molecule has 2 fully saturated rings. The minimum absolute atomic E-state index is 0.134. The molecule has 4 atom stereocenters. The molecule has 6 rings (SSSR count). The van der Waals surface area contributed by atoms with Gasteiger partial charge in [0.15, 0.2) is 5.78 Å². The SMILES string of the molecule is O=C(c1cccc([N+](=O)[O-])c1)[C@@H]1[C@@H]2C(=O)N(c3ccccc3)C(=O)[C@@H]2[C@@H]2c3ccccc3C=CN12. The van der Waals surface area contributed by atoms with Gasteiger partial charge in [0, 0.05) is 23.9 Å². The van der Waals surface area contributed by atoms with Gasteiger partial charge >= 0.3 is 0 Å². The summed E-state index contributed by atoms with van der Waals surface area (Å²) in [6, 6.07) is 20.3. The summed E-state index contributed by atoms with van der Waals surface area (Å²) in [6.45, 7) is 0. The van der Waals surface area contributed by atoms with E-state index >= 15 is 0 Å². The van der Waals surface area contributed by atoms with E-state index in [1.807, 2.05) is 30.3 Å². The number of non-ortho nitro benzene ring substituents is 1. The van der Waals surface area contributed by atoms with E-state index in [9.17, 15) is 24.5 Å². The Balaban J connectivity index is 1.50. The second-order valence-corrected chi connectivity index (χ2v) is 8.85. The van der Waals surface area contributed by atoms with Gasteiger partial charge in [0.1, 0.15) is 6.04 Å². The minimum atomic E-state index is -0.971. The predicted molar refractivity (Wildman–Crippen MR) is 127 cm³/mol. The van der Waals surface area contributed by atoms with Gasteiger partial charge in [0.25, 0.3) is 5.69 Å². The van der Waals surface area contributed by atoms with Gasteiger partial charge < -0.3 is 4.90 Å². The van der Waals surface area contributed by atoms with Crippen LogP contribution in [0.4, 0.5) is 11.4 Å². The van der Waals surface area contributed by atoms with Gasteiger partial charge in [-0.3, -0.25) is 24.5 Å². The van der Waals surface area contributed by atoms with Crippen LogP contribution in [0.2, 0.25) is 0 Å². The highest BCUT2D eigenvalue weighted by molar-refractivity contribution is 6.24. The molecule has 3 aliphatic rings. The predicted octanol–water partition coefficient (Wildman–Crippen LogP) is 3.99. The van der Waals surface area contributed by atoms with Crippen LogP contribution >= 0.6 is 0 Å². The van der Waals surface area contributed by atoms with E-state index in [0.717, 1.165) is 11.1 Å². The minimum Gasteiger partial charge on any atom is -0.358 e. The molecule has 0 N–H and O–H groups in total. The number of nitrogens with zero attached hydrogens (tertiary/aromatic N) is 3. The Kier molecular flexibility index (Phi) is 4.63. The molecule has 0 bridgehead atoms. The van der Waals surface area contributed by atoms with E-state index in [4.69, 9.17) is 0 Å². The van der Waals surface area contributed by atoms with Crippen molar-refractivity contribution in [3.63, 3.8) is 0 Å². The lowest BCUT2D eigenvalue weighted by Crippen LogP contribution is -2.44. The number of para-hydroxylation sites is 1. The van der Waals surface area contributed by atoms with Crippen molar-refractivity contribution >= 4 is 35.0 Å². The fourth-order valence-corrected chi connectivity index (χ4v) is 5.63. The second kappa shape index (κ2) is 7.73. The monoisotopic (exact) mass is 465 g/mol. The number of hydrogen-bond donors (Lipinski definition) is 0. The number of ketones is 1. The Morgan fingerprint density at radius 3 is 2.34 bits per heavy atom. The Labute approximate surface area is 200 Å². The molecule has 8 heteroatoms. The summed E-state index contributed by atoms with van der Waals surface area (Å²) >= 11 is 0. The summed E-state index contributed by atoms with van der Waals surface area (Å²) in [6.07, 6.45) is 3.63. The maximum absolute atomic E-state index is 13.8. The van der Waals surface area contributed by atoms with Crippen molar-refractivity contribution in [3.05, 3.63) is 112 Å². The number of hydrogen-bond acceptors (Lipinski definition) is 6. The zero-order valence-electron chi connectivity index (χ0n) is 18.4. The third-order valence-corrected chi connectivity index (χ3v) is 7.09. The third kappa shape index (κ3) is 3.03. The third-order valence-electron chi connectivity index (χ3n) is 7.09. The standard InChI is InChI=1S/C27H19N3O5/c31-25(17-8-6-11-19(15-17)30(34)35)24-22-21(23-20-12-5-4-7-16(20)13-14-28(23)24)26(32)29(27(22)33)18-9-2-1-3-10-18/h1-15,21-24H/t21-,22+,23-,24-/m0/s1. The normalized spacial score (nSPS) is 24.2. The van der Waals surface area contributed by atoms with Crippen molar-refractivity contribution in [1.82, 2.24) is 4.90 Å². The van der Waals surface area contributed by atoms with Gasteiger partial charge in [0.2, 0.25) is 11.8 Å². The number of anilines is 1. The number of carbonyl (C=O) groups excluding carboxylic acids is 3. The van der Waals surface area contributed by atoms with Crippen molar-refractivity contribution in [3.8, 4) is 0 Å². The summed E-state index contributed by atoms with van der Waals surface area (Å²) in [5, 5.41) is 11.3. The number of carbonyl (C=O) groups is 3. The molecule has 0 spiro atoms. The molecular formula is C27H19N3O5. The van der Waals surface area contributed by atoms with Crippen molar-refractivity contribution in [1.29, 1.82) is 0 Å². The van der Waals surface area contributed by atoms with Crippen LogP contribution in [0.15, 0.2) is 85.1 Å². The number of Topliss-reactive ketones (excluding diaryl/α,β-unsaturated/α-hetero) is 1. The lowest BCUT2D eigenvalue weighted by Gasteiger charge is -2.35. The van der Waals surface area contributed by atoms with E-state index in [1.165, 1.54) is 29.2 Å².